The summed E-state index contributed by atoms with van der Waals surface area (Å²) in [5.41, 5.74) is 3.53. The van der Waals surface area contributed by atoms with Crippen molar-refractivity contribution in [3.05, 3.63) is 88.4 Å². The molecule has 0 amide bonds. The van der Waals surface area contributed by atoms with Crippen molar-refractivity contribution in [1.82, 2.24) is 0 Å². The molecule has 1 aromatic heterocycles. The molecule has 0 bridgehead atoms. The molecule has 166 valence electrons. The van der Waals surface area contributed by atoms with Crippen LogP contribution in [0.3, 0.4) is 0 Å². The lowest BCUT2D eigenvalue weighted by Gasteiger charge is -2.11. The zero-order valence-electron chi connectivity index (χ0n) is 18.3. The molecule has 5 nitrogen and oxygen atoms in total. The number of aliphatic imine (C=N–C) groups is 1. The lowest BCUT2D eigenvalue weighted by atomic mass is 9.98. The van der Waals surface area contributed by atoms with E-state index in [9.17, 15) is 5.26 Å². The van der Waals surface area contributed by atoms with Gasteiger partial charge < -0.3 is 13.9 Å². The van der Waals surface area contributed by atoms with Gasteiger partial charge in [-0.25, -0.2) is 4.99 Å². The zero-order chi connectivity index (χ0) is 23.9. The maximum Gasteiger partial charge on any atom is 0.238 e. The Kier molecular flexibility index (Phi) is 7.13. The molecular formula is C28H19BrN2O3. The summed E-state index contributed by atoms with van der Waals surface area (Å²) in [6, 6.07) is 25.2. The maximum atomic E-state index is 10.0. The van der Waals surface area contributed by atoms with Crippen molar-refractivity contribution in [2.24, 2.45) is 4.99 Å². The first-order chi connectivity index (χ1) is 16.7. The summed E-state index contributed by atoms with van der Waals surface area (Å²) in [4.78, 5) is 4.52. The number of hydrogen-bond donors (Lipinski definition) is 0. The van der Waals surface area contributed by atoms with Crippen LogP contribution in [-0.4, -0.2) is 19.9 Å². The standard InChI is InChI=1S/C28H19BrN2O3/c1-3-14-33-27-23(29)15-19(16-24(27)32-2)18-31-28-22(17-30)25(20-10-6-4-7-11-20)26(34-28)21-12-8-5-9-13-21/h1,4-13,15-16,18H,14H2,2H3. The third-order valence-electron chi connectivity index (χ3n) is 4.98. The van der Waals surface area contributed by atoms with Crippen molar-refractivity contribution in [3.8, 4) is 52.4 Å². The van der Waals surface area contributed by atoms with E-state index in [-0.39, 0.29) is 12.5 Å². The molecule has 0 N–H and O–H groups in total. The van der Waals surface area contributed by atoms with Gasteiger partial charge in [0.15, 0.2) is 11.5 Å². The highest BCUT2D eigenvalue weighted by Gasteiger charge is 2.22. The predicted molar refractivity (Wildman–Crippen MR) is 137 cm³/mol. The summed E-state index contributed by atoms with van der Waals surface area (Å²) >= 11 is 3.49. The lowest BCUT2D eigenvalue weighted by molar-refractivity contribution is 0.329. The second-order valence-corrected chi connectivity index (χ2v) is 7.97. The smallest absolute Gasteiger partial charge is 0.238 e. The summed E-state index contributed by atoms with van der Waals surface area (Å²) in [6.07, 6.45) is 6.91. The van der Waals surface area contributed by atoms with Crippen LogP contribution in [0, 0.1) is 23.7 Å². The minimum atomic E-state index is 0.116. The summed E-state index contributed by atoms with van der Waals surface area (Å²) in [5, 5.41) is 10.0. The van der Waals surface area contributed by atoms with E-state index in [2.05, 4.69) is 32.9 Å². The Morgan fingerprint density at radius 3 is 2.35 bits per heavy atom. The summed E-state index contributed by atoms with van der Waals surface area (Å²) in [7, 11) is 1.55. The number of ether oxygens (including phenoxy) is 2. The van der Waals surface area contributed by atoms with Gasteiger partial charge >= 0.3 is 0 Å². The van der Waals surface area contributed by atoms with Crippen LogP contribution in [0.5, 0.6) is 11.5 Å². The molecule has 0 spiro atoms. The van der Waals surface area contributed by atoms with E-state index in [0.717, 1.165) is 16.7 Å². The number of nitriles is 1. The number of halogens is 1. The quantitative estimate of drug-likeness (QED) is 0.198. The molecule has 4 rings (SSSR count). The second kappa shape index (κ2) is 10.6. The molecule has 0 saturated heterocycles. The summed E-state index contributed by atoms with van der Waals surface area (Å²) in [5.74, 6) is 4.26. The SMILES string of the molecule is C#CCOc1c(Br)cc(C=Nc2oc(-c3ccccc3)c(-c3ccccc3)c2C#N)cc1OC. The molecule has 0 fully saturated rings. The summed E-state index contributed by atoms with van der Waals surface area (Å²) < 4.78 is 17.8. The molecule has 3 aromatic carbocycles. The van der Waals surface area contributed by atoms with Gasteiger partial charge in [0.1, 0.15) is 24.0 Å². The Labute approximate surface area is 206 Å². The van der Waals surface area contributed by atoms with Crippen molar-refractivity contribution in [2.45, 2.75) is 0 Å². The van der Waals surface area contributed by atoms with E-state index >= 15 is 0 Å². The van der Waals surface area contributed by atoms with Gasteiger partial charge in [-0.1, -0.05) is 66.6 Å². The molecule has 0 saturated carbocycles. The topological polar surface area (TPSA) is 67.8 Å². The monoisotopic (exact) mass is 510 g/mol. The average Bonchev–Trinajstić information content (AvgIpc) is 3.26. The third-order valence-corrected chi connectivity index (χ3v) is 5.57. The minimum Gasteiger partial charge on any atom is -0.493 e. The highest BCUT2D eigenvalue weighted by atomic mass is 79.9. The largest absolute Gasteiger partial charge is 0.493 e. The Morgan fingerprint density at radius 2 is 1.74 bits per heavy atom. The number of furan rings is 1. The van der Waals surface area contributed by atoms with E-state index in [1.165, 1.54) is 0 Å². The molecular weight excluding hydrogens is 492 g/mol. The number of benzene rings is 3. The van der Waals surface area contributed by atoms with E-state index in [1.54, 1.807) is 19.4 Å². The van der Waals surface area contributed by atoms with Gasteiger partial charge in [0, 0.05) is 17.3 Å². The average molecular weight is 511 g/mol. The van der Waals surface area contributed by atoms with Crippen molar-refractivity contribution in [3.63, 3.8) is 0 Å². The first-order valence-electron chi connectivity index (χ1n) is 10.3. The highest BCUT2D eigenvalue weighted by molar-refractivity contribution is 9.10. The molecule has 1 heterocycles. The first kappa shape index (κ1) is 22.9. The molecule has 0 aliphatic carbocycles. The fraction of sp³-hybridized carbons (Fsp3) is 0.0714. The summed E-state index contributed by atoms with van der Waals surface area (Å²) in [6.45, 7) is 0.116. The zero-order valence-corrected chi connectivity index (χ0v) is 19.9. The number of terminal acetylenes is 1. The molecule has 0 unspecified atom stereocenters. The van der Waals surface area contributed by atoms with Gasteiger partial charge in [-0.05, 0) is 39.2 Å². The van der Waals surface area contributed by atoms with Crippen LogP contribution in [0.1, 0.15) is 11.1 Å². The van der Waals surface area contributed by atoms with Gasteiger partial charge in [-0.2, -0.15) is 5.26 Å². The Bertz CT molecular complexity index is 1410. The van der Waals surface area contributed by atoms with Gasteiger partial charge in [0.25, 0.3) is 0 Å². The molecule has 0 atom stereocenters. The van der Waals surface area contributed by atoms with Gasteiger partial charge in [-0.15, -0.1) is 6.42 Å². The molecule has 6 heteroatoms. The van der Waals surface area contributed by atoms with Crippen molar-refractivity contribution < 1.29 is 13.9 Å². The van der Waals surface area contributed by atoms with Crippen LogP contribution < -0.4 is 9.47 Å². The van der Waals surface area contributed by atoms with E-state index < -0.39 is 0 Å². The normalized spacial score (nSPS) is 10.6. The molecule has 4 aromatic rings. The Hall–Kier alpha value is -4.26. The fourth-order valence-corrected chi connectivity index (χ4v) is 4.06. The number of methoxy groups -OCH3 is 1. The van der Waals surface area contributed by atoms with Crippen LogP contribution in [0.2, 0.25) is 0 Å². The first-order valence-corrected chi connectivity index (χ1v) is 11.1. The maximum absolute atomic E-state index is 10.0. The fourth-order valence-electron chi connectivity index (χ4n) is 3.49. The van der Waals surface area contributed by atoms with Crippen molar-refractivity contribution in [1.29, 1.82) is 5.26 Å². The number of hydrogen-bond acceptors (Lipinski definition) is 5. The van der Waals surface area contributed by atoms with Crippen LogP contribution in [0.15, 0.2) is 86.7 Å². The van der Waals surface area contributed by atoms with Gasteiger partial charge in [-0.3, -0.25) is 0 Å². The minimum absolute atomic E-state index is 0.116. The van der Waals surface area contributed by atoms with Crippen LogP contribution in [-0.2, 0) is 0 Å². The van der Waals surface area contributed by atoms with Crippen LogP contribution >= 0.6 is 15.9 Å². The van der Waals surface area contributed by atoms with Crippen LogP contribution in [0.25, 0.3) is 22.5 Å². The lowest BCUT2D eigenvalue weighted by Crippen LogP contribution is -1.98. The third kappa shape index (κ3) is 4.73. The molecule has 0 aliphatic heterocycles. The van der Waals surface area contributed by atoms with E-state index in [0.29, 0.717) is 32.9 Å². The van der Waals surface area contributed by atoms with Gasteiger partial charge in [0.2, 0.25) is 5.88 Å². The van der Waals surface area contributed by atoms with Crippen molar-refractivity contribution in [2.75, 3.05) is 13.7 Å². The van der Waals surface area contributed by atoms with Crippen molar-refractivity contribution >= 4 is 28.0 Å². The Balaban J connectivity index is 1.80. The van der Waals surface area contributed by atoms with Gasteiger partial charge in [0.05, 0.1) is 11.6 Å². The van der Waals surface area contributed by atoms with Crippen LogP contribution in [0.4, 0.5) is 5.88 Å². The van der Waals surface area contributed by atoms with E-state index in [1.807, 2.05) is 66.7 Å². The number of nitrogens with zero attached hydrogens (tertiary/aromatic N) is 2. The Morgan fingerprint density at radius 1 is 1.06 bits per heavy atom. The molecule has 34 heavy (non-hydrogen) atoms. The second-order valence-electron chi connectivity index (χ2n) is 7.12. The highest BCUT2D eigenvalue weighted by Crippen LogP contribution is 2.42. The number of rotatable bonds is 7. The molecule has 0 radical (unpaired) electrons. The molecule has 0 aliphatic rings. The predicted octanol–water partition coefficient (Wildman–Crippen LogP) is 7.02. The van der Waals surface area contributed by atoms with E-state index in [4.69, 9.17) is 20.3 Å².